The van der Waals surface area contributed by atoms with E-state index in [0.717, 1.165) is 9.13 Å². The lowest BCUT2D eigenvalue weighted by molar-refractivity contribution is 0.0518. The minimum Gasteiger partial charge on any atom is -0.444 e. The number of aromatic nitrogens is 2. The Morgan fingerprint density at radius 1 is 1.43 bits per heavy atom. The Balaban J connectivity index is 1.96. The van der Waals surface area contributed by atoms with Gasteiger partial charge >= 0.3 is 6.09 Å². The number of carbonyl (C=O) groups excluding carboxylic acids is 1. The van der Waals surface area contributed by atoms with Crippen LogP contribution in [0.3, 0.4) is 0 Å². The number of amides is 1. The van der Waals surface area contributed by atoms with Crippen molar-refractivity contribution < 1.29 is 14.1 Å². The Hall–Kier alpha value is -1.64. The van der Waals surface area contributed by atoms with Crippen molar-refractivity contribution in [1.29, 1.82) is 0 Å². The zero-order chi connectivity index (χ0) is 15.5. The van der Waals surface area contributed by atoms with Crippen molar-refractivity contribution in [3.05, 3.63) is 33.7 Å². The van der Waals surface area contributed by atoms with Crippen LogP contribution in [0.25, 0.3) is 11.4 Å². The van der Waals surface area contributed by atoms with Crippen LogP contribution in [0.1, 0.15) is 26.7 Å². The summed E-state index contributed by atoms with van der Waals surface area (Å²) < 4.78 is 11.3. The van der Waals surface area contributed by atoms with Crippen LogP contribution in [-0.2, 0) is 11.3 Å². The van der Waals surface area contributed by atoms with E-state index in [0.29, 0.717) is 11.7 Å². The molecule has 0 unspecified atom stereocenters. The summed E-state index contributed by atoms with van der Waals surface area (Å²) in [5.74, 6) is 0.823. The molecule has 0 bridgehead atoms. The topological polar surface area (TPSA) is 77.2 Å². The molecule has 2 rings (SSSR count). The molecule has 7 heteroatoms. The van der Waals surface area contributed by atoms with Crippen molar-refractivity contribution in [2.24, 2.45) is 0 Å². The van der Waals surface area contributed by atoms with Gasteiger partial charge in [0, 0.05) is 9.13 Å². The van der Waals surface area contributed by atoms with Crippen molar-refractivity contribution in [2.45, 2.75) is 32.9 Å². The summed E-state index contributed by atoms with van der Waals surface area (Å²) in [5, 5.41) is 6.47. The minimum absolute atomic E-state index is 0.131. The molecule has 1 N–H and O–H groups in total. The van der Waals surface area contributed by atoms with Gasteiger partial charge in [-0.25, -0.2) is 4.79 Å². The fraction of sp³-hybridized carbons (Fsp3) is 0.357. The van der Waals surface area contributed by atoms with Crippen molar-refractivity contribution in [1.82, 2.24) is 15.5 Å². The van der Waals surface area contributed by atoms with Gasteiger partial charge in [0.15, 0.2) is 0 Å². The quantitative estimate of drug-likeness (QED) is 0.799. The minimum atomic E-state index is -0.537. The summed E-state index contributed by atoms with van der Waals surface area (Å²) >= 11 is 2.22. The molecular weight excluding hydrogens is 385 g/mol. The molecule has 0 radical (unpaired) electrons. The molecule has 0 saturated carbocycles. The number of benzene rings is 1. The molecule has 6 nitrogen and oxygen atoms in total. The lowest BCUT2D eigenvalue weighted by Crippen LogP contribution is -2.32. The molecule has 0 aliphatic carbocycles. The summed E-state index contributed by atoms with van der Waals surface area (Å²) in [5.41, 5.74) is 0.333. The Morgan fingerprint density at radius 3 is 2.86 bits per heavy atom. The predicted octanol–water partition coefficient (Wildman–Crippen LogP) is 3.37. The lowest BCUT2D eigenvalue weighted by Gasteiger charge is -2.19. The van der Waals surface area contributed by atoms with E-state index in [1.165, 1.54) is 0 Å². The number of halogens is 1. The number of hydrogen-bond donors (Lipinski definition) is 1. The van der Waals surface area contributed by atoms with E-state index in [2.05, 4.69) is 38.0 Å². The summed E-state index contributed by atoms with van der Waals surface area (Å²) in [6.45, 7) is 5.53. The van der Waals surface area contributed by atoms with Crippen LogP contribution in [0.2, 0.25) is 0 Å². The van der Waals surface area contributed by atoms with Gasteiger partial charge in [-0.05, 0) is 55.5 Å². The number of carbonyl (C=O) groups is 1. The highest BCUT2D eigenvalue weighted by molar-refractivity contribution is 14.1. The molecule has 21 heavy (non-hydrogen) atoms. The molecule has 0 saturated heterocycles. The maximum atomic E-state index is 11.5. The normalized spacial score (nSPS) is 11.2. The van der Waals surface area contributed by atoms with Crippen molar-refractivity contribution >= 4 is 28.7 Å². The summed E-state index contributed by atoms with van der Waals surface area (Å²) in [4.78, 5) is 15.8. The first-order valence-electron chi connectivity index (χ1n) is 6.39. The summed E-state index contributed by atoms with van der Waals surface area (Å²) in [6, 6.07) is 7.76. The average molecular weight is 401 g/mol. The number of nitrogens with one attached hydrogen (secondary N) is 1. The number of alkyl carbamates (subject to hydrolysis) is 1. The third-order valence-corrected chi connectivity index (χ3v) is 3.00. The number of nitrogens with zero attached hydrogens (tertiary/aromatic N) is 2. The standard InChI is InChI=1S/C14H16IN3O3/c1-14(2,3)20-13(19)16-8-11-17-12(18-21-11)9-5-4-6-10(15)7-9/h4-7H,8H2,1-3H3,(H,16,19). The molecule has 1 amide bonds. The second-order valence-corrected chi connectivity index (χ2v) is 6.62. The van der Waals surface area contributed by atoms with Crippen LogP contribution in [-0.4, -0.2) is 21.8 Å². The first kappa shape index (κ1) is 15.7. The lowest BCUT2D eigenvalue weighted by atomic mass is 10.2. The number of ether oxygens (including phenoxy) is 1. The predicted molar refractivity (Wildman–Crippen MR) is 85.5 cm³/mol. The SMILES string of the molecule is CC(C)(C)OC(=O)NCc1nc(-c2cccc(I)c2)no1. The number of rotatable bonds is 3. The molecule has 0 fully saturated rings. The molecular formula is C14H16IN3O3. The van der Waals surface area contributed by atoms with Gasteiger partial charge in [-0.1, -0.05) is 17.3 Å². The Bertz CT molecular complexity index is 634. The molecule has 0 atom stereocenters. The van der Waals surface area contributed by atoms with E-state index in [4.69, 9.17) is 9.26 Å². The largest absolute Gasteiger partial charge is 0.444 e. The summed E-state index contributed by atoms with van der Waals surface area (Å²) in [7, 11) is 0. The molecule has 0 spiro atoms. The fourth-order valence-electron chi connectivity index (χ4n) is 1.53. The van der Waals surface area contributed by atoms with Gasteiger partial charge in [0.05, 0.1) is 0 Å². The highest BCUT2D eigenvalue weighted by Gasteiger charge is 2.17. The smallest absolute Gasteiger partial charge is 0.408 e. The molecule has 2 aromatic rings. The van der Waals surface area contributed by atoms with E-state index in [-0.39, 0.29) is 6.54 Å². The van der Waals surface area contributed by atoms with E-state index >= 15 is 0 Å². The second kappa shape index (κ2) is 6.42. The molecule has 1 aromatic heterocycles. The Labute approximate surface area is 136 Å². The van der Waals surface area contributed by atoms with Crippen LogP contribution in [0.4, 0.5) is 4.79 Å². The van der Waals surface area contributed by atoms with Crippen molar-refractivity contribution in [3.8, 4) is 11.4 Å². The van der Waals surface area contributed by atoms with Crippen molar-refractivity contribution in [3.63, 3.8) is 0 Å². The maximum absolute atomic E-state index is 11.5. The molecule has 1 heterocycles. The van der Waals surface area contributed by atoms with Gasteiger partial charge in [-0.2, -0.15) is 4.98 Å². The van der Waals surface area contributed by atoms with Crippen LogP contribution in [0, 0.1) is 3.57 Å². The zero-order valence-electron chi connectivity index (χ0n) is 12.0. The van der Waals surface area contributed by atoms with Gasteiger partial charge in [-0.3, -0.25) is 0 Å². The van der Waals surface area contributed by atoms with E-state index < -0.39 is 11.7 Å². The molecule has 1 aromatic carbocycles. The summed E-state index contributed by atoms with van der Waals surface area (Å²) in [6.07, 6.45) is -0.517. The zero-order valence-corrected chi connectivity index (χ0v) is 14.2. The monoisotopic (exact) mass is 401 g/mol. The van der Waals surface area contributed by atoms with Gasteiger partial charge < -0.3 is 14.6 Å². The third-order valence-electron chi connectivity index (χ3n) is 2.33. The van der Waals surface area contributed by atoms with Crippen molar-refractivity contribution in [2.75, 3.05) is 0 Å². The Morgan fingerprint density at radius 2 is 2.19 bits per heavy atom. The van der Waals surface area contributed by atoms with E-state index in [1.54, 1.807) is 20.8 Å². The first-order chi connectivity index (χ1) is 9.83. The van der Waals surface area contributed by atoms with Gasteiger partial charge in [0.2, 0.25) is 11.7 Å². The highest BCUT2D eigenvalue weighted by atomic mass is 127. The fourth-order valence-corrected chi connectivity index (χ4v) is 2.08. The van der Waals surface area contributed by atoms with Crippen LogP contribution < -0.4 is 5.32 Å². The second-order valence-electron chi connectivity index (χ2n) is 5.38. The molecule has 112 valence electrons. The van der Waals surface area contributed by atoms with Crippen LogP contribution in [0.5, 0.6) is 0 Å². The highest BCUT2D eigenvalue weighted by Crippen LogP contribution is 2.18. The average Bonchev–Trinajstić information content (AvgIpc) is 2.83. The van der Waals surface area contributed by atoms with Gasteiger partial charge in [-0.15, -0.1) is 0 Å². The Kier molecular flexibility index (Phi) is 4.81. The molecule has 0 aliphatic heterocycles. The van der Waals surface area contributed by atoms with Crippen LogP contribution >= 0.6 is 22.6 Å². The van der Waals surface area contributed by atoms with Gasteiger partial charge in [0.1, 0.15) is 12.1 Å². The van der Waals surface area contributed by atoms with Crippen LogP contribution in [0.15, 0.2) is 28.8 Å². The van der Waals surface area contributed by atoms with E-state index in [1.807, 2.05) is 24.3 Å². The van der Waals surface area contributed by atoms with Gasteiger partial charge in [0.25, 0.3) is 0 Å². The molecule has 0 aliphatic rings. The maximum Gasteiger partial charge on any atom is 0.408 e. The number of hydrogen-bond acceptors (Lipinski definition) is 5. The van der Waals surface area contributed by atoms with E-state index in [9.17, 15) is 4.79 Å². The first-order valence-corrected chi connectivity index (χ1v) is 7.47. The third kappa shape index (κ3) is 5.00.